The van der Waals surface area contributed by atoms with Crippen LogP contribution in [0.25, 0.3) is 10.4 Å². The number of nitrogens with one attached hydrogen (secondary N) is 2. The zero-order valence-electron chi connectivity index (χ0n) is 47.9. The number of nitrogens with zero attached hydrogens (tertiary/aromatic N) is 7. The van der Waals surface area contributed by atoms with Gasteiger partial charge in [0.05, 0.1) is 119 Å². The molecule has 4 heterocycles. The molecule has 2 amide bonds. The zero-order valence-corrected chi connectivity index (χ0v) is 49.7. The summed E-state index contributed by atoms with van der Waals surface area (Å²) >= 11 is 0. The molecule has 2 aliphatic rings. The summed E-state index contributed by atoms with van der Waals surface area (Å²) in [6.45, 7) is 7.43. The van der Waals surface area contributed by atoms with Gasteiger partial charge in [-0.15, -0.1) is 18.8 Å². The molecule has 42 heteroatoms. The first kappa shape index (κ1) is 79.7. The standard InChI is InChI=1S/C22H36N7O11P.C22H38N5O11P.2CH2O3/c23-20-16(14-29(22(32)27-20)21-19(31)17(15-39-21)40-41(33)34)2-1-4-25-18(30)3-6-35-8-10-37-12-13-38-11-9-36-7-5-26-28-24;23-4-7-34-9-11-36-13-12-35-10-8-33-6-3-18(28)25-5-1-2-16-14-27(22(30)26-20(16)24)21-19(29)17(15-37-21)38-39(31)32;2*2-1(3)4/h14,17,19,21,31H,1-13,15H2,(H3-,23,25,27,30,32,33,34);14,17,19,21,29H,1-13,15,23H2,(H3-,24,25,26,28,30,31,32);2*(H2,2,3,4)/p+2/t2*17-,19?,21+;;/m00../s1. The number of aliphatic hydroxyl groups is 2. The van der Waals surface area contributed by atoms with Crippen LogP contribution in [0.3, 0.4) is 0 Å². The first-order valence-electron chi connectivity index (χ1n) is 26.8. The van der Waals surface area contributed by atoms with E-state index in [1.165, 1.54) is 12.4 Å². The molecule has 0 saturated carbocycles. The molecule has 0 spiro atoms. The molecular formula is C46H80N12O28P2+2. The second kappa shape index (κ2) is 49.5. The predicted molar refractivity (Wildman–Crippen MR) is 300 cm³/mol. The lowest BCUT2D eigenvalue weighted by Gasteiger charge is -2.18. The molecule has 2 fully saturated rings. The fourth-order valence-electron chi connectivity index (χ4n) is 7.13. The van der Waals surface area contributed by atoms with Gasteiger partial charge in [0.2, 0.25) is 11.8 Å². The molecule has 0 aromatic carbocycles. The van der Waals surface area contributed by atoms with Crippen LogP contribution >= 0.6 is 16.5 Å². The van der Waals surface area contributed by atoms with Gasteiger partial charge >= 0.3 is 40.2 Å². The SMILES string of the molecule is NCCOCCOCCOCCOCCC(=O)NCCCc1cn([C@@H]2OC[C@H](O[P+](=O)O)C2O)c(=O)nc1N.O=C(O)O.O=C(O)O.[N-]=[N+]=NCCOCCOCCOCCOCCC(=O)NCCCc1cn([C@@H]2OC[C@H](O[P+](=O)O)C2O)c(=O)nc1N. The van der Waals surface area contributed by atoms with Crippen molar-refractivity contribution < 1.29 is 125 Å². The number of nitrogen functional groups attached to an aromatic ring is 2. The van der Waals surface area contributed by atoms with Crippen LogP contribution in [0.15, 0.2) is 27.1 Å². The third-order valence-corrected chi connectivity index (χ3v) is 12.0. The van der Waals surface area contributed by atoms with Crippen molar-refractivity contribution >= 4 is 52.3 Å². The van der Waals surface area contributed by atoms with E-state index in [0.717, 1.165) is 9.13 Å². The number of azide groups is 1. The topological polar surface area (TPSA) is 596 Å². The van der Waals surface area contributed by atoms with Crippen LogP contribution in [-0.2, 0) is 88.0 Å². The molecule has 0 aliphatic carbocycles. The van der Waals surface area contributed by atoms with E-state index in [0.29, 0.717) is 149 Å². The van der Waals surface area contributed by atoms with E-state index in [9.17, 15) is 38.5 Å². The van der Waals surface area contributed by atoms with E-state index in [1.807, 2.05) is 0 Å². The van der Waals surface area contributed by atoms with Gasteiger partial charge < -0.3 is 106 Å². The Hall–Kier alpha value is -6.33. The van der Waals surface area contributed by atoms with Crippen LogP contribution in [0.5, 0.6) is 0 Å². The van der Waals surface area contributed by atoms with Crippen molar-refractivity contribution in [3.8, 4) is 0 Å². The Morgan fingerprint density at radius 1 is 0.602 bits per heavy atom. The summed E-state index contributed by atoms with van der Waals surface area (Å²) in [4.78, 5) is 93.7. The number of nitrogens with two attached hydrogens (primary N) is 3. The Kier molecular flexibility index (Phi) is 44.9. The molecule has 0 radical (unpaired) electrons. The Labute approximate surface area is 503 Å². The van der Waals surface area contributed by atoms with Crippen LogP contribution in [0, 0.1) is 0 Å². The monoisotopic (exact) mass is 1310 g/mol. The van der Waals surface area contributed by atoms with Gasteiger partial charge in [0.15, 0.2) is 24.7 Å². The molecule has 0 bridgehead atoms. The Bertz CT molecular complexity index is 2500. The second-order valence-electron chi connectivity index (χ2n) is 17.5. The van der Waals surface area contributed by atoms with Crippen molar-refractivity contribution in [2.45, 2.75) is 75.4 Å². The van der Waals surface area contributed by atoms with Gasteiger partial charge in [-0.3, -0.25) is 18.7 Å². The predicted octanol–water partition coefficient (Wildman–Crippen LogP) is -1.78. The lowest BCUT2D eigenvalue weighted by molar-refractivity contribution is -0.123. The molecule has 88 heavy (non-hydrogen) atoms. The summed E-state index contributed by atoms with van der Waals surface area (Å²) < 4.78 is 86.6. The Morgan fingerprint density at radius 3 is 1.24 bits per heavy atom. The van der Waals surface area contributed by atoms with Crippen molar-refractivity contribution in [1.29, 1.82) is 0 Å². The van der Waals surface area contributed by atoms with E-state index >= 15 is 0 Å². The zero-order chi connectivity index (χ0) is 65.5. The molecule has 16 N–H and O–H groups in total. The van der Waals surface area contributed by atoms with Crippen molar-refractivity contribution in [3.63, 3.8) is 0 Å². The van der Waals surface area contributed by atoms with Gasteiger partial charge in [-0.05, 0) is 31.2 Å². The minimum Gasteiger partial charge on any atom is -0.450 e. The number of rotatable bonds is 43. The van der Waals surface area contributed by atoms with E-state index < -0.39 is 77.1 Å². The van der Waals surface area contributed by atoms with E-state index in [-0.39, 0.29) is 69.3 Å². The molecule has 500 valence electrons. The van der Waals surface area contributed by atoms with Crippen molar-refractivity contribution in [2.75, 3.05) is 157 Å². The fourth-order valence-corrected chi connectivity index (χ4v) is 7.96. The Morgan fingerprint density at radius 2 is 0.920 bits per heavy atom. The summed E-state index contributed by atoms with van der Waals surface area (Å²) in [6.07, 6.45) is -5.84. The summed E-state index contributed by atoms with van der Waals surface area (Å²) in [5.74, 6) is -0.313. The molecule has 2 aromatic heterocycles. The third kappa shape index (κ3) is 38.2. The highest BCUT2D eigenvalue weighted by molar-refractivity contribution is 7.32. The average molecular weight is 1310 g/mol. The van der Waals surface area contributed by atoms with E-state index in [1.54, 1.807) is 0 Å². The summed E-state index contributed by atoms with van der Waals surface area (Å²) in [5, 5.41) is 57.4. The molecule has 2 saturated heterocycles. The first-order chi connectivity index (χ1) is 42.1. The van der Waals surface area contributed by atoms with Crippen LogP contribution in [-0.4, -0.2) is 253 Å². The molecule has 4 rings (SSSR count). The number of aromatic nitrogens is 4. The molecule has 40 nitrogen and oxygen atoms in total. The number of carbonyl (C=O) groups is 4. The Balaban J connectivity index is 0.000000784. The number of aliphatic hydroxyl groups excluding tert-OH is 2. The quantitative estimate of drug-likeness (QED) is 0.0115. The maximum Gasteiger partial charge on any atom is 0.695 e. The van der Waals surface area contributed by atoms with Gasteiger partial charge in [0, 0.05) is 76.6 Å². The number of carboxylic acid groups (broad SMARTS) is 4. The maximum absolute atomic E-state index is 12.3. The lowest BCUT2D eigenvalue weighted by Crippen LogP contribution is -2.36. The van der Waals surface area contributed by atoms with Crippen molar-refractivity contribution in [2.24, 2.45) is 10.8 Å². The van der Waals surface area contributed by atoms with Gasteiger partial charge in [0.1, 0.15) is 23.8 Å². The second-order valence-corrected chi connectivity index (χ2v) is 18.9. The number of hydrogen-bond donors (Lipinski definition) is 13. The highest BCUT2D eigenvalue weighted by atomic mass is 31.1. The maximum atomic E-state index is 12.3. The largest absolute Gasteiger partial charge is 0.695 e. The van der Waals surface area contributed by atoms with Crippen LogP contribution in [0.4, 0.5) is 21.2 Å². The summed E-state index contributed by atoms with van der Waals surface area (Å²) in [6, 6.07) is 0. The summed E-state index contributed by atoms with van der Waals surface area (Å²) in [5.41, 5.74) is 24.7. The fraction of sp³-hybridized carbons (Fsp3) is 0.739. The number of hydrogen-bond acceptors (Lipinski definition) is 28. The molecule has 2 aliphatic heterocycles. The average Bonchev–Trinajstić information content (AvgIpc) is 3.76. The van der Waals surface area contributed by atoms with Crippen LogP contribution in [0.1, 0.15) is 49.3 Å². The van der Waals surface area contributed by atoms with E-state index in [4.69, 9.17) is 119 Å². The molecule has 2 aromatic rings. The summed E-state index contributed by atoms with van der Waals surface area (Å²) in [7, 11) is -5.89. The van der Waals surface area contributed by atoms with Crippen LogP contribution < -0.4 is 39.2 Å². The first-order valence-corrected chi connectivity index (χ1v) is 29.1. The molecular weight excluding hydrogens is 1230 g/mol. The van der Waals surface area contributed by atoms with Gasteiger partial charge in [-0.25, -0.2) is 19.2 Å². The minimum absolute atomic E-state index is 0.0198. The van der Waals surface area contributed by atoms with Gasteiger partial charge in [0.25, 0.3) is 0 Å². The number of ether oxygens (including phenoxy) is 10. The molecule has 4 unspecified atom stereocenters. The number of anilines is 2. The highest BCUT2D eigenvalue weighted by Crippen LogP contribution is 2.32. The normalized spacial score (nSPS) is 17.8. The smallest absolute Gasteiger partial charge is 0.450 e. The lowest BCUT2D eigenvalue weighted by atomic mass is 10.1. The third-order valence-electron chi connectivity index (χ3n) is 11.1. The van der Waals surface area contributed by atoms with Gasteiger partial charge in [-0.1, -0.05) is 5.11 Å². The van der Waals surface area contributed by atoms with Crippen molar-refractivity contribution in [3.05, 3.63) is 54.9 Å². The van der Waals surface area contributed by atoms with E-state index in [2.05, 4.69) is 30.6 Å². The number of aryl methyl sites for hydroxylation is 2. The van der Waals surface area contributed by atoms with Gasteiger partial charge in [-0.2, -0.15) is 9.97 Å². The van der Waals surface area contributed by atoms with Crippen molar-refractivity contribution in [1.82, 2.24) is 29.7 Å². The minimum atomic E-state index is -2.95. The molecule has 8 atom stereocenters. The number of amides is 2. The number of carbonyl (C=O) groups excluding carboxylic acids is 2. The highest BCUT2D eigenvalue weighted by Gasteiger charge is 2.45. The van der Waals surface area contributed by atoms with Crippen LogP contribution in [0.2, 0.25) is 0 Å².